The van der Waals surface area contributed by atoms with Gasteiger partial charge in [0.1, 0.15) is 4.90 Å². The van der Waals surface area contributed by atoms with Crippen molar-refractivity contribution in [2.24, 2.45) is 0 Å². The Balaban J connectivity index is 2.17. The Morgan fingerprint density at radius 2 is 1.67 bits per heavy atom. The predicted octanol–water partition coefficient (Wildman–Crippen LogP) is 3.17. The summed E-state index contributed by atoms with van der Waals surface area (Å²) in [5.41, 5.74) is -1.53. The van der Waals surface area contributed by atoms with Gasteiger partial charge in [0.2, 0.25) is 10.0 Å². The number of piperazine rings is 1. The molecule has 11 heteroatoms. The van der Waals surface area contributed by atoms with E-state index in [1.807, 2.05) is 20.8 Å². The van der Waals surface area contributed by atoms with Crippen LogP contribution in [0.25, 0.3) is 0 Å². The first-order valence-corrected chi connectivity index (χ1v) is 9.97. The molecule has 0 unspecified atom stereocenters. The molecule has 0 aliphatic carbocycles. The van der Waals surface area contributed by atoms with E-state index in [-0.39, 0.29) is 37.2 Å². The summed E-state index contributed by atoms with van der Waals surface area (Å²) in [7, 11) is -4.22. The van der Waals surface area contributed by atoms with Gasteiger partial charge in [0.25, 0.3) is 0 Å². The molecule has 1 aromatic rings. The molecule has 2 rings (SSSR count). The molecule has 1 aliphatic rings. The molecule has 0 spiro atoms. The molecule has 1 saturated heterocycles. The monoisotopic (exact) mass is 427 g/mol. The molecular formula is C16H21ClF3N3O3S. The third-order valence-corrected chi connectivity index (χ3v) is 6.26. The third kappa shape index (κ3) is 5.26. The van der Waals surface area contributed by atoms with E-state index in [4.69, 9.17) is 11.6 Å². The normalized spacial score (nSPS) is 17.1. The average molecular weight is 428 g/mol. The van der Waals surface area contributed by atoms with E-state index in [2.05, 4.69) is 5.32 Å². The molecule has 2 amide bonds. The van der Waals surface area contributed by atoms with Gasteiger partial charge in [0.05, 0.1) is 10.6 Å². The lowest BCUT2D eigenvalue weighted by Crippen LogP contribution is -2.55. The molecule has 0 radical (unpaired) electrons. The molecule has 0 bridgehead atoms. The molecule has 0 saturated carbocycles. The molecule has 0 atom stereocenters. The number of rotatable bonds is 2. The van der Waals surface area contributed by atoms with Crippen LogP contribution < -0.4 is 5.32 Å². The van der Waals surface area contributed by atoms with Gasteiger partial charge in [-0.15, -0.1) is 0 Å². The highest BCUT2D eigenvalue weighted by Crippen LogP contribution is 2.34. The summed E-state index contributed by atoms with van der Waals surface area (Å²) in [6, 6.07) is 1.87. The smallest absolute Gasteiger partial charge is 0.333 e. The first-order chi connectivity index (χ1) is 12.2. The van der Waals surface area contributed by atoms with Crippen LogP contribution in [0.15, 0.2) is 23.1 Å². The molecule has 0 aromatic heterocycles. The van der Waals surface area contributed by atoms with Crippen molar-refractivity contribution < 1.29 is 26.4 Å². The maximum atomic E-state index is 12.9. The van der Waals surface area contributed by atoms with Crippen molar-refractivity contribution >= 4 is 27.7 Å². The van der Waals surface area contributed by atoms with Gasteiger partial charge in [0, 0.05) is 31.7 Å². The standard InChI is InChI=1S/C16H21ClF3N3O3S/c1-15(2,3)21-14(24)22-6-8-23(9-7-22)27(25,26)13-10-11(16(18,19)20)4-5-12(13)17/h4-5,10H,6-9H2,1-3H3,(H,21,24). The zero-order valence-corrected chi connectivity index (χ0v) is 16.7. The minimum Gasteiger partial charge on any atom is -0.333 e. The fraction of sp³-hybridized carbons (Fsp3) is 0.562. The van der Waals surface area contributed by atoms with E-state index < -0.39 is 32.2 Å². The SMILES string of the molecule is CC(C)(C)NC(=O)N1CCN(S(=O)(=O)c2cc(C(F)(F)F)ccc2Cl)CC1. The van der Waals surface area contributed by atoms with E-state index in [1.54, 1.807) is 0 Å². The lowest BCUT2D eigenvalue weighted by molar-refractivity contribution is -0.137. The fourth-order valence-corrected chi connectivity index (χ4v) is 4.47. The van der Waals surface area contributed by atoms with Crippen LogP contribution in [0.5, 0.6) is 0 Å². The van der Waals surface area contributed by atoms with Crippen molar-refractivity contribution in [3.8, 4) is 0 Å². The number of sulfonamides is 1. The van der Waals surface area contributed by atoms with Crippen LogP contribution in [-0.2, 0) is 16.2 Å². The van der Waals surface area contributed by atoms with Crippen LogP contribution in [0.2, 0.25) is 5.02 Å². The summed E-state index contributed by atoms with van der Waals surface area (Å²) in [4.78, 5) is 13.0. The van der Waals surface area contributed by atoms with Crippen molar-refractivity contribution in [1.29, 1.82) is 0 Å². The summed E-state index contributed by atoms with van der Waals surface area (Å²) in [6.45, 7) is 5.64. The number of carbonyl (C=O) groups excluding carboxylic acids is 1. The molecule has 1 aromatic carbocycles. The number of urea groups is 1. The second-order valence-electron chi connectivity index (χ2n) is 7.21. The van der Waals surface area contributed by atoms with E-state index >= 15 is 0 Å². The van der Waals surface area contributed by atoms with Crippen molar-refractivity contribution in [1.82, 2.24) is 14.5 Å². The van der Waals surface area contributed by atoms with Gasteiger partial charge < -0.3 is 10.2 Å². The first-order valence-electron chi connectivity index (χ1n) is 8.16. The molecular weight excluding hydrogens is 407 g/mol. The quantitative estimate of drug-likeness (QED) is 0.788. The number of hydrogen-bond acceptors (Lipinski definition) is 3. The topological polar surface area (TPSA) is 69.7 Å². The largest absolute Gasteiger partial charge is 0.416 e. The molecule has 1 N–H and O–H groups in total. The maximum Gasteiger partial charge on any atom is 0.416 e. The number of nitrogens with zero attached hydrogens (tertiary/aromatic N) is 2. The molecule has 6 nitrogen and oxygen atoms in total. The summed E-state index contributed by atoms with van der Waals surface area (Å²) < 4.78 is 65.2. The van der Waals surface area contributed by atoms with Crippen LogP contribution >= 0.6 is 11.6 Å². The summed E-state index contributed by atoms with van der Waals surface area (Å²) in [5, 5.41) is 2.50. The highest BCUT2D eigenvalue weighted by atomic mass is 35.5. The number of halogens is 4. The van der Waals surface area contributed by atoms with Crippen LogP contribution in [0.1, 0.15) is 26.3 Å². The number of hydrogen-bond donors (Lipinski definition) is 1. The molecule has 1 fully saturated rings. The third-order valence-electron chi connectivity index (χ3n) is 3.88. The zero-order chi connectivity index (χ0) is 20.6. The highest BCUT2D eigenvalue weighted by Gasteiger charge is 2.36. The minimum absolute atomic E-state index is 0.0352. The molecule has 1 aliphatic heterocycles. The summed E-state index contributed by atoms with van der Waals surface area (Å²) in [6.07, 6.45) is -4.68. The van der Waals surface area contributed by atoms with Gasteiger partial charge in [0.15, 0.2) is 0 Å². The maximum absolute atomic E-state index is 12.9. The van der Waals surface area contributed by atoms with Crippen LogP contribution in [0.3, 0.4) is 0 Å². The lowest BCUT2D eigenvalue weighted by Gasteiger charge is -2.35. The van der Waals surface area contributed by atoms with E-state index in [1.165, 1.54) is 4.90 Å². The Morgan fingerprint density at radius 3 is 2.15 bits per heavy atom. The van der Waals surface area contributed by atoms with Gasteiger partial charge in [-0.3, -0.25) is 0 Å². The predicted molar refractivity (Wildman–Crippen MR) is 95.1 cm³/mol. The van der Waals surface area contributed by atoms with Crippen LogP contribution in [-0.4, -0.2) is 55.4 Å². The van der Waals surface area contributed by atoms with Crippen LogP contribution in [0.4, 0.5) is 18.0 Å². The number of benzene rings is 1. The van der Waals surface area contributed by atoms with Crippen LogP contribution in [0, 0.1) is 0 Å². The van der Waals surface area contributed by atoms with Crippen molar-refractivity contribution in [3.05, 3.63) is 28.8 Å². The van der Waals surface area contributed by atoms with E-state index in [9.17, 15) is 26.4 Å². The second-order valence-corrected chi connectivity index (χ2v) is 9.53. The Hall–Kier alpha value is -1.52. The molecule has 1 heterocycles. The van der Waals surface area contributed by atoms with Gasteiger partial charge in [-0.1, -0.05) is 11.6 Å². The highest BCUT2D eigenvalue weighted by molar-refractivity contribution is 7.89. The Kier molecular flexibility index (Phi) is 6.03. The lowest BCUT2D eigenvalue weighted by atomic mass is 10.1. The Morgan fingerprint density at radius 1 is 1.11 bits per heavy atom. The van der Waals surface area contributed by atoms with Crippen molar-refractivity contribution in [3.63, 3.8) is 0 Å². The van der Waals surface area contributed by atoms with Crippen molar-refractivity contribution in [2.45, 2.75) is 37.4 Å². The number of amides is 2. The number of nitrogens with one attached hydrogen (secondary N) is 1. The average Bonchev–Trinajstić information content (AvgIpc) is 2.52. The Bertz CT molecular complexity index is 814. The molecule has 27 heavy (non-hydrogen) atoms. The first kappa shape index (κ1) is 21.8. The number of alkyl halides is 3. The summed E-state index contributed by atoms with van der Waals surface area (Å²) in [5.74, 6) is 0. The van der Waals surface area contributed by atoms with Gasteiger partial charge in [-0.25, -0.2) is 13.2 Å². The van der Waals surface area contributed by atoms with Gasteiger partial charge in [-0.05, 0) is 39.0 Å². The fourth-order valence-electron chi connectivity index (χ4n) is 2.55. The minimum atomic E-state index is -4.68. The molecule has 152 valence electrons. The Labute approximate surface area is 161 Å². The zero-order valence-electron chi connectivity index (χ0n) is 15.1. The summed E-state index contributed by atoms with van der Waals surface area (Å²) >= 11 is 5.85. The van der Waals surface area contributed by atoms with Gasteiger partial charge in [-0.2, -0.15) is 17.5 Å². The van der Waals surface area contributed by atoms with E-state index in [0.717, 1.165) is 16.4 Å². The number of carbonyl (C=O) groups is 1. The second kappa shape index (κ2) is 7.48. The van der Waals surface area contributed by atoms with Crippen molar-refractivity contribution in [2.75, 3.05) is 26.2 Å². The van der Waals surface area contributed by atoms with E-state index in [0.29, 0.717) is 6.07 Å². The van der Waals surface area contributed by atoms with Gasteiger partial charge >= 0.3 is 12.2 Å².